The molecule has 1 aliphatic carbocycles. The number of amides is 1. The molecule has 4 aromatic rings. The van der Waals surface area contributed by atoms with Crippen LogP contribution in [0.4, 0.5) is 5.69 Å². The zero-order valence-corrected chi connectivity index (χ0v) is 20.2. The summed E-state index contributed by atoms with van der Waals surface area (Å²) in [6, 6.07) is 23.3. The normalized spacial score (nSPS) is 14.8. The van der Waals surface area contributed by atoms with Crippen molar-refractivity contribution in [1.29, 1.82) is 0 Å². The van der Waals surface area contributed by atoms with Crippen molar-refractivity contribution >= 4 is 46.1 Å². The molecule has 0 spiro atoms. The lowest BCUT2D eigenvalue weighted by Crippen LogP contribution is -2.37. The smallest absolute Gasteiger partial charge is 0.235 e. The van der Waals surface area contributed by atoms with E-state index in [-0.39, 0.29) is 5.91 Å². The van der Waals surface area contributed by atoms with E-state index in [1.165, 1.54) is 0 Å². The summed E-state index contributed by atoms with van der Waals surface area (Å²) in [6.45, 7) is 0. The Morgan fingerprint density at radius 2 is 1.55 bits per heavy atom. The largest absolute Gasteiger partial charge is 0.325 e. The maximum Gasteiger partial charge on any atom is 0.235 e. The second-order valence-electron chi connectivity index (χ2n) is 8.38. The average Bonchev–Trinajstić information content (AvgIpc) is 3.51. The van der Waals surface area contributed by atoms with Crippen molar-refractivity contribution in [3.63, 3.8) is 0 Å². The molecule has 0 radical (unpaired) electrons. The standard InChI is InChI=1S/C27H22Cl2N2OS/c28-21-10-6-18(7-11-21)25-31-24(17-33-25)19-4-3-5-23(16-19)30-26(32)27(14-1-2-15-27)20-8-12-22(29)13-9-20/h3-13,16-17H,1-2,14-15H2,(H,30,32). The number of halogens is 2. The first-order valence-electron chi connectivity index (χ1n) is 10.9. The highest BCUT2D eigenvalue weighted by molar-refractivity contribution is 7.13. The summed E-state index contributed by atoms with van der Waals surface area (Å²) in [6.07, 6.45) is 3.78. The molecular weight excluding hydrogens is 471 g/mol. The van der Waals surface area contributed by atoms with E-state index in [1.54, 1.807) is 11.3 Å². The van der Waals surface area contributed by atoms with Crippen molar-refractivity contribution in [1.82, 2.24) is 4.98 Å². The molecule has 0 atom stereocenters. The quantitative estimate of drug-likeness (QED) is 0.304. The molecule has 0 aliphatic heterocycles. The average molecular weight is 493 g/mol. The van der Waals surface area contributed by atoms with Crippen molar-refractivity contribution in [3.8, 4) is 21.8 Å². The van der Waals surface area contributed by atoms with Crippen molar-refractivity contribution < 1.29 is 4.79 Å². The van der Waals surface area contributed by atoms with E-state index in [9.17, 15) is 4.79 Å². The highest BCUT2D eigenvalue weighted by atomic mass is 35.5. The fourth-order valence-corrected chi connectivity index (χ4v) is 5.62. The second kappa shape index (κ2) is 9.30. The molecular formula is C27H22Cl2N2OS. The number of anilines is 1. The minimum atomic E-state index is -0.511. The Bertz CT molecular complexity index is 1280. The summed E-state index contributed by atoms with van der Waals surface area (Å²) in [5, 5.41) is 7.54. The number of nitrogens with one attached hydrogen (secondary N) is 1. The molecule has 5 rings (SSSR count). The number of rotatable bonds is 5. The summed E-state index contributed by atoms with van der Waals surface area (Å²) < 4.78 is 0. The van der Waals surface area contributed by atoms with E-state index in [1.807, 2.05) is 78.2 Å². The molecule has 0 saturated heterocycles. The fraction of sp³-hybridized carbons (Fsp3) is 0.185. The van der Waals surface area contributed by atoms with Gasteiger partial charge < -0.3 is 5.32 Å². The number of hydrogen-bond donors (Lipinski definition) is 1. The van der Waals surface area contributed by atoms with E-state index in [2.05, 4.69) is 5.32 Å². The molecule has 1 aromatic heterocycles. The first kappa shape index (κ1) is 22.1. The molecule has 1 heterocycles. The van der Waals surface area contributed by atoms with E-state index in [0.29, 0.717) is 10.0 Å². The van der Waals surface area contributed by atoms with Gasteiger partial charge in [-0.1, -0.05) is 72.4 Å². The van der Waals surface area contributed by atoms with Crippen molar-refractivity contribution in [3.05, 3.63) is 93.8 Å². The molecule has 1 saturated carbocycles. The van der Waals surface area contributed by atoms with Gasteiger partial charge in [0, 0.05) is 32.2 Å². The Labute approximate surface area is 207 Å². The third-order valence-electron chi connectivity index (χ3n) is 6.30. The van der Waals surface area contributed by atoms with Crippen LogP contribution in [0.1, 0.15) is 31.2 Å². The van der Waals surface area contributed by atoms with Gasteiger partial charge in [-0.05, 0) is 54.8 Å². The number of nitrogens with zero attached hydrogens (tertiary/aromatic N) is 1. The van der Waals surface area contributed by atoms with E-state index < -0.39 is 5.41 Å². The number of carbonyl (C=O) groups is 1. The minimum absolute atomic E-state index is 0.0413. The molecule has 6 heteroatoms. The molecule has 3 aromatic carbocycles. The first-order chi connectivity index (χ1) is 16.0. The minimum Gasteiger partial charge on any atom is -0.325 e. The van der Waals surface area contributed by atoms with Gasteiger partial charge in [0.05, 0.1) is 11.1 Å². The van der Waals surface area contributed by atoms with Crippen LogP contribution in [-0.2, 0) is 10.2 Å². The predicted octanol–water partition coefficient (Wildman–Crippen LogP) is 8.23. The molecule has 0 unspecified atom stereocenters. The van der Waals surface area contributed by atoms with Crippen LogP contribution in [0.3, 0.4) is 0 Å². The number of hydrogen-bond acceptors (Lipinski definition) is 3. The Hall–Kier alpha value is -2.66. The Balaban J connectivity index is 1.39. The van der Waals surface area contributed by atoms with E-state index in [4.69, 9.17) is 28.2 Å². The van der Waals surface area contributed by atoms with Gasteiger partial charge in [0.25, 0.3) is 0 Å². The van der Waals surface area contributed by atoms with Gasteiger partial charge in [0.15, 0.2) is 0 Å². The molecule has 1 N–H and O–H groups in total. The Morgan fingerprint density at radius 3 is 2.24 bits per heavy atom. The first-order valence-corrected chi connectivity index (χ1v) is 12.6. The molecule has 1 fully saturated rings. The lowest BCUT2D eigenvalue weighted by Gasteiger charge is -2.28. The van der Waals surface area contributed by atoms with Crippen LogP contribution in [0, 0.1) is 0 Å². The van der Waals surface area contributed by atoms with Gasteiger partial charge in [0.2, 0.25) is 5.91 Å². The third kappa shape index (κ3) is 4.56. The maximum absolute atomic E-state index is 13.5. The number of thiazole rings is 1. The van der Waals surface area contributed by atoms with E-state index in [0.717, 1.165) is 58.8 Å². The summed E-state index contributed by atoms with van der Waals surface area (Å²) in [5.74, 6) is 0.0413. The van der Waals surface area contributed by atoms with Gasteiger partial charge in [-0.3, -0.25) is 4.79 Å². The summed E-state index contributed by atoms with van der Waals surface area (Å²) in [4.78, 5) is 18.3. The zero-order chi connectivity index (χ0) is 22.8. The monoisotopic (exact) mass is 492 g/mol. The Kier molecular flexibility index (Phi) is 6.24. The van der Waals surface area contributed by atoms with Crippen molar-refractivity contribution in [2.45, 2.75) is 31.1 Å². The van der Waals surface area contributed by atoms with Crippen LogP contribution in [0.2, 0.25) is 10.0 Å². The molecule has 33 heavy (non-hydrogen) atoms. The van der Waals surface area contributed by atoms with Gasteiger partial charge in [-0.25, -0.2) is 4.98 Å². The van der Waals surface area contributed by atoms with E-state index >= 15 is 0 Å². The number of aromatic nitrogens is 1. The summed E-state index contributed by atoms with van der Waals surface area (Å²) >= 11 is 13.7. The van der Waals surface area contributed by atoms with Crippen LogP contribution >= 0.6 is 34.5 Å². The van der Waals surface area contributed by atoms with Gasteiger partial charge in [-0.15, -0.1) is 11.3 Å². The molecule has 1 aliphatic rings. The second-order valence-corrected chi connectivity index (χ2v) is 10.1. The lowest BCUT2D eigenvalue weighted by atomic mass is 9.78. The zero-order valence-electron chi connectivity index (χ0n) is 17.9. The summed E-state index contributed by atoms with van der Waals surface area (Å²) in [5.41, 5.74) is 4.18. The molecule has 0 bridgehead atoms. The highest BCUT2D eigenvalue weighted by Crippen LogP contribution is 2.42. The fourth-order valence-electron chi connectivity index (χ4n) is 4.53. The predicted molar refractivity (Wildman–Crippen MR) is 138 cm³/mol. The van der Waals surface area contributed by atoms with Crippen LogP contribution in [-0.4, -0.2) is 10.9 Å². The third-order valence-corrected chi connectivity index (χ3v) is 7.70. The van der Waals surface area contributed by atoms with Crippen molar-refractivity contribution in [2.24, 2.45) is 0 Å². The Morgan fingerprint density at radius 1 is 0.879 bits per heavy atom. The topological polar surface area (TPSA) is 42.0 Å². The van der Waals surface area contributed by atoms with Gasteiger partial charge in [0.1, 0.15) is 5.01 Å². The number of carbonyl (C=O) groups excluding carboxylic acids is 1. The van der Waals surface area contributed by atoms with Crippen LogP contribution < -0.4 is 5.32 Å². The number of benzene rings is 3. The maximum atomic E-state index is 13.5. The SMILES string of the molecule is O=C(Nc1cccc(-c2csc(-c3ccc(Cl)cc3)n2)c1)C1(c2ccc(Cl)cc2)CCCC1. The highest BCUT2D eigenvalue weighted by Gasteiger charge is 2.42. The van der Waals surface area contributed by atoms with Crippen LogP contribution in [0.25, 0.3) is 21.8 Å². The van der Waals surface area contributed by atoms with Gasteiger partial charge in [-0.2, -0.15) is 0 Å². The lowest BCUT2D eigenvalue weighted by molar-refractivity contribution is -0.121. The summed E-state index contributed by atoms with van der Waals surface area (Å²) in [7, 11) is 0. The molecule has 3 nitrogen and oxygen atoms in total. The van der Waals surface area contributed by atoms with Crippen LogP contribution in [0.15, 0.2) is 78.2 Å². The van der Waals surface area contributed by atoms with Crippen molar-refractivity contribution in [2.75, 3.05) is 5.32 Å². The molecule has 166 valence electrons. The van der Waals surface area contributed by atoms with Gasteiger partial charge >= 0.3 is 0 Å². The molecule has 1 amide bonds. The van der Waals surface area contributed by atoms with Crippen LogP contribution in [0.5, 0.6) is 0 Å².